The Morgan fingerprint density at radius 2 is 1.83 bits per heavy atom. The second kappa shape index (κ2) is 12.1. The second-order valence-electron chi connectivity index (χ2n) is 12.0. The molecule has 4 aliphatic rings. The molecule has 1 saturated carbocycles. The van der Waals surface area contributed by atoms with Gasteiger partial charge in [-0.25, -0.2) is 0 Å². The van der Waals surface area contributed by atoms with E-state index < -0.39 is 13.0 Å². The summed E-state index contributed by atoms with van der Waals surface area (Å²) in [5.41, 5.74) is 4.48. The highest BCUT2D eigenvalue weighted by atomic mass is 16.5. The van der Waals surface area contributed by atoms with Crippen LogP contribution in [0.2, 0.25) is 6.32 Å². The Kier molecular flexibility index (Phi) is 8.34. The van der Waals surface area contributed by atoms with Crippen molar-refractivity contribution in [3.8, 4) is 0 Å². The Labute approximate surface area is 242 Å². The monoisotopic (exact) mass is 557 g/mol. The molecule has 4 atom stereocenters. The lowest BCUT2D eigenvalue weighted by Crippen LogP contribution is -2.46. The lowest BCUT2D eigenvalue weighted by molar-refractivity contribution is -0.143. The van der Waals surface area contributed by atoms with Crippen LogP contribution in [0.1, 0.15) is 81.8 Å². The summed E-state index contributed by atoms with van der Waals surface area (Å²) in [6, 6.07) is 13.8. The molecule has 41 heavy (non-hydrogen) atoms. The molecule has 2 aliphatic heterocycles. The molecule has 7 nitrogen and oxygen atoms in total. The maximum atomic E-state index is 13.9. The summed E-state index contributed by atoms with van der Waals surface area (Å²) in [5.74, 6) is 0.256. The van der Waals surface area contributed by atoms with Crippen LogP contribution in [0.5, 0.6) is 0 Å². The zero-order valence-corrected chi connectivity index (χ0v) is 23.8. The van der Waals surface area contributed by atoms with Gasteiger partial charge in [0.1, 0.15) is 18.1 Å². The lowest BCUT2D eigenvalue weighted by atomic mass is 9.58. The van der Waals surface area contributed by atoms with Crippen molar-refractivity contribution in [2.75, 3.05) is 0 Å². The average molecular weight is 557 g/mol. The Morgan fingerprint density at radius 1 is 1.05 bits per heavy atom. The largest absolute Gasteiger partial charge is 0.459 e. The summed E-state index contributed by atoms with van der Waals surface area (Å²) < 4.78 is 12.0. The van der Waals surface area contributed by atoms with Crippen LogP contribution < -0.4 is 0 Å². The fourth-order valence-electron chi connectivity index (χ4n) is 7.79. The summed E-state index contributed by atoms with van der Waals surface area (Å²) in [4.78, 5) is 29.2. The minimum absolute atomic E-state index is 0.00410. The van der Waals surface area contributed by atoms with E-state index in [4.69, 9.17) is 9.07 Å². The molecule has 8 heteroatoms. The van der Waals surface area contributed by atoms with E-state index in [1.807, 2.05) is 30.3 Å². The number of hydrogen-bond donors (Lipinski definition) is 2. The van der Waals surface area contributed by atoms with Gasteiger partial charge in [0.05, 0.1) is 17.9 Å². The minimum atomic E-state index is -0.974. The van der Waals surface area contributed by atoms with Crippen LogP contribution in [0.15, 0.2) is 58.0 Å². The van der Waals surface area contributed by atoms with E-state index in [1.54, 1.807) is 11.0 Å². The Hall–Kier alpha value is -2.94. The number of likely N-dealkylation sites (tertiary alicyclic amines) is 1. The number of fused-ring (bicyclic) bond motifs is 3. The van der Waals surface area contributed by atoms with Crippen LogP contribution >= 0.6 is 0 Å². The van der Waals surface area contributed by atoms with E-state index in [2.05, 4.69) is 19.1 Å². The van der Waals surface area contributed by atoms with Crippen molar-refractivity contribution in [3.63, 3.8) is 0 Å². The molecule has 0 unspecified atom stereocenters. The zero-order valence-electron chi connectivity index (χ0n) is 23.8. The molecule has 6 rings (SSSR count). The highest BCUT2D eigenvalue weighted by Crippen LogP contribution is 2.52. The number of aliphatic hydroxyl groups is 1. The van der Waals surface area contributed by atoms with Crippen LogP contribution in [0.4, 0.5) is 0 Å². The second-order valence-corrected chi connectivity index (χ2v) is 12.0. The molecule has 2 N–H and O–H groups in total. The summed E-state index contributed by atoms with van der Waals surface area (Å²) in [6.45, 7) is 1.96. The smallest absolute Gasteiger partial charge is 0.455 e. The first-order valence-electron chi connectivity index (χ1n) is 15.4. The third-order valence-corrected chi connectivity index (χ3v) is 9.68. The van der Waals surface area contributed by atoms with Crippen molar-refractivity contribution in [3.05, 3.63) is 70.7 Å². The van der Waals surface area contributed by atoms with Gasteiger partial charge in [0.25, 0.3) is 0 Å². The van der Waals surface area contributed by atoms with Gasteiger partial charge < -0.3 is 19.2 Å². The number of allylic oxidation sites excluding steroid dienone is 2. The van der Waals surface area contributed by atoms with Crippen LogP contribution in [-0.2, 0) is 20.9 Å². The van der Waals surface area contributed by atoms with Crippen molar-refractivity contribution in [2.24, 2.45) is 17.8 Å². The number of rotatable bonds is 8. The van der Waals surface area contributed by atoms with Crippen molar-refractivity contribution in [1.82, 2.24) is 4.90 Å². The van der Waals surface area contributed by atoms with Crippen LogP contribution in [0.3, 0.4) is 0 Å². The van der Waals surface area contributed by atoms with Crippen molar-refractivity contribution in [2.45, 2.75) is 89.8 Å². The van der Waals surface area contributed by atoms with E-state index in [1.165, 1.54) is 12.0 Å². The predicted molar refractivity (Wildman–Crippen MR) is 157 cm³/mol. The minimum Gasteiger partial charge on any atom is -0.459 e. The van der Waals surface area contributed by atoms with Gasteiger partial charge >= 0.3 is 7.12 Å². The summed E-state index contributed by atoms with van der Waals surface area (Å²) >= 11 is 0. The number of aliphatic hydroxyl groups excluding tert-OH is 1. The molecule has 3 fully saturated rings. The van der Waals surface area contributed by atoms with E-state index in [-0.39, 0.29) is 42.4 Å². The van der Waals surface area contributed by atoms with Crippen molar-refractivity contribution < 1.29 is 28.8 Å². The molecular formula is C33H40BNO6. The third-order valence-electron chi connectivity index (χ3n) is 9.68. The molecule has 2 aliphatic carbocycles. The van der Waals surface area contributed by atoms with Gasteiger partial charge in [-0.3, -0.25) is 14.5 Å². The quantitative estimate of drug-likeness (QED) is 0.248. The summed E-state index contributed by atoms with van der Waals surface area (Å²) in [7, 11) is -0.974. The molecule has 2 aromatic rings. The Balaban J connectivity index is 1.28. The first kappa shape index (κ1) is 28.2. The molecule has 2 saturated heterocycles. The van der Waals surface area contributed by atoms with Gasteiger partial charge in [-0.2, -0.15) is 0 Å². The Morgan fingerprint density at radius 3 is 2.54 bits per heavy atom. The van der Waals surface area contributed by atoms with Crippen LogP contribution in [0, 0.1) is 17.8 Å². The molecule has 216 valence electrons. The highest BCUT2D eigenvalue weighted by Gasteiger charge is 2.58. The van der Waals surface area contributed by atoms with E-state index in [0.29, 0.717) is 37.1 Å². The van der Waals surface area contributed by atoms with Gasteiger partial charge in [0.2, 0.25) is 11.8 Å². The van der Waals surface area contributed by atoms with E-state index >= 15 is 0 Å². The summed E-state index contributed by atoms with van der Waals surface area (Å²) in [6.07, 6.45) is 9.83. The average Bonchev–Trinajstić information content (AvgIpc) is 3.56. The number of carbonyl (C=O) groups is 2. The molecule has 0 radical (unpaired) electrons. The topological polar surface area (TPSA) is 100 Å². The molecule has 3 heterocycles. The van der Waals surface area contributed by atoms with Crippen molar-refractivity contribution >= 4 is 30.6 Å². The first-order valence-corrected chi connectivity index (χ1v) is 15.4. The number of benzene rings is 1. The maximum Gasteiger partial charge on any atom is 0.455 e. The molecule has 0 spiro atoms. The van der Waals surface area contributed by atoms with Gasteiger partial charge in [0.15, 0.2) is 0 Å². The van der Waals surface area contributed by atoms with E-state index in [0.717, 1.165) is 48.8 Å². The number of furan rings is 1. The predicted octanol–water partition coefficient (Wildman–Crippen LogP) is 5.63. The number of amides is 2. The number of imide groups is 1. The van der Waals surface area contributed by atoms with Crippen LogP contribution in [-0.4, -0.2) is 46.1 Å². The number of nitrogens with zero attached hydrogens (tertiary/aromatic N) is 1. The normalized spacial score (nSPS) is 27.4. The highest BCUT2D eigenvalue weighted by molar-refractivity contribution is 6.43. The maximum absolute atomic E-state index is 13.9. The van der Waals surface area contributed by atoms with Gasteiger partial charge in [-0.15, -0.1) is 0 Å². The van der Waals surface area contributed by atoms with Crippen molar-refractivity contribution in [1.29, 1.82) is 0 Å². The van der Waals surface area contributed by atoms with Gasteiger partial charge in [-0.1, -0.05) is 62.1 Å². The Bertz CT molecular complexity index is 1330. The molecule has 1 aromatic heterocycles. The standard InChI is InChI=1S/C33H40BNO6/c1-2-21-18-27-31(33(38)35(32(27)37)24-11-7-4-8-12-24)28-19-34(39)41-29(30(21)28)16-13-23(22-9-5-3-6-10-22)17-25-14-15-26(20-36)40-25/h3,5-6,9-10,14-15,17,24,27-29,31,36,39H,2,4,7-8,11-13,16,18-20H2,1H3/b23-17-/t27-,28+,29-,31-/m1/s1. The number of hydrogen-bond acceptors (Lipinski definition) is 6. The van der Waals surface area contributed by atoms with Gasteiger partial charge in [-0.05, 0) is 85.7 Å². The zero-order chi connectivity index (χ0) is 28.5. The van der Waals surface area contributed by atoms with Crippen LogP contribution in [0.25, 0.3) is 11.6 Å². The fourth-order valence-corrected chi connectivity index (χ4v) is 7.79. The molecule has 2 amide bonds. The molecular weight excluding hydrogens is 517 g/mol. The number of carbonyl (C=O) groups excluding carboxylic acids is 2. The lowest BCUT2D eigenvalue weighted by Gasteiger charge is -2.43. The summed E-state index contributed by atoms with van der Waals surface area (Å²) in [5, 5.41) is 20.3. The molecule has 0 bridgehead atoms. The first-order chi connectivity index (χ1) is 20.0. The van der Waals surface area contributed by atoms with E-state index in [9.17, 15) is 19.7 Å². The molecule has 1 aromatic carbocycles. The third kappa shape index (κ3) is 5.50. The fraction of sp³-hybridized carbons (Fsp3) is 0.515. The SMILES string of the molecule is CCC1=C2[C@@H](CC/C(=C/c3ccc(CO)o3)c3ccccc3)OB(O)C[C@@H]2[C@@H]2C(=O)N(C3CCCCC3)C(=O)[C@@H]2C1. The van der Waals surface area contributed by atoms with Gasteiger partial charge in [0, 0.05) is 6.04 Å².